The first-order valence-corrected chi connectivity index (χ1v) is 6.29. The fourth-order valence-electron chi connectivity index (χ4n) is 1.96. The lowest BCUT2D eigenvalue weighted by Gasteiger charge is -1.98. The van der Waals surface area contributed by atoms with Gasteiger partial charge in [0, 0.05) is 25.2 Å². The van der Waals surface area contributed by atoms with Crippen LogP contribution in [0.5, 0.6) is 0 Å². The first kappa shape index (κ1) is 10.2. The molecule has 1 aromatic heterocycles. The summed E-state index contributed by atoms with van der Waals surface area (Å²) in [6.45, 7) is 0. The second kappa shape index (κ2) is 3.79. The number of hydrogen-bond donors (Lipinski definition) is 0. The predicted molar refractivity (Wildman–Crippen MR) is 73.8 cm³/mol. The highest BCUT2D eigenvalue weighted by atomic mass is 35.5. The molecule has 0 unspecified atom stereocenters. The Morgan fingerprint density at radius 1 is 1.12 bits per heavy atom. The first-order valence-electron chi connectivity index (χ1n) is 5.09. The molecule has 0 atom stereocenters. The molecule has 1 heterocycles. The van der Waals surface area contributed by atoms with Gasteiger partial charge in [-0.05, 0) is 18.2 Å². The molecule has 2 radical (unpaired) electrons. The van der Waals surface area contributed by atoms with Gasteiger partial charge in [0.15, 0.2) is 0 Å². The van der Waals surface area contributed by atoms with Crippen LogP contribution in [0, 0.1) is 0 Å². The minimum atomic E-state index is 0.567. The Morgan fingerprint density at radius 2 is 2.00 bits per heavy atom. The van der Waals surface area contributed by atoms with Crippen molar-refractivity contribution in [3.05, 3.63) is 47.0 Å². The van der Waals surface area contributed by atoms with E-state index in [1.807, 2.05) is 12.1 Å². The van der Waals surface area contributed by atoms with Crippen molar-refractivity contribution >= 4 is 51.0 Å². The maximum absolute atomic E-state index is 6.25. The number of rotatable bonds is 1. The van der Waals surface area contributed by atoms with Crippen LogP contribution in [0.3, 0.4) is 0 Å². The second-order valence-electron chi connectivity index (χ2n) is 3.75. The third-order valence-corrected chi connectivity index (χ3v) is 4.20. The second-order valence-corrected chi connectivity index (χ2v) is 5.24. The molecule has 3 aromatic rings. The number of thiophene rings is 1. The van der Waals surface area contributed by atoms with Gasteiger partial charge in [-0.25, -0.2) is 0 Å². The Morgan fingerprint density at radius 3 is 2.81 bits per heavy atom. The van der Waals surface area contributed by atoms with E-state index in [1.54, 1.807) is 11.3 Å². The van der Waals surface area contributed by atoms with Gasteiger partial charge in [-0.15, -0.1) is 11.3 Å². The number of benzene rings is 2. The highest BCUT2D eigenvalue weighted by Crippen LogP contribution is 2.38. The van der Waals surface area contributed by atoms with E-state index < -0.39 is 0 Å². The Kier molecular flexibility index (Phi) is 2.42. The van der Waals surface area contributed by atoms with E-state index in [1.165, 1.54) is 14.8 Å². The van der Waals surface area contributed by atoms with Crippen LogP contribution in [0.1, 0.15) is 5.56 Å². The average Bonchev–Trinajstić information content (AvgIpc) is 2.67. The lowest BCUT2D eigenvalue weighted by molar-refractivity contribution is 1.43. The third kappa shape index (κ3) is 1.45. The third-order valence-electron chi connectivity index (χ3n) is 2.74. The zero-order chi connectivity index (χ0) is 11.1. The van der Waals surface area contributed by atoms with E-state index in [2.05, 4.69) is 24.3 Å². The van der Waals surface area contributed by atoms with Crippen molar-refractivity contribution in [2.75, 3.05) is 0 Å². The van der Waals surface area contributed by atoms with Crippen LogP contribution >= 0.6 is 22.9 Å². The molecule has 0 fully saturated rings. The number of hydrogen-bond acceptors (Lipinski definition) is 1. The van der Waals surface area contributed by atoms with Crippen molar-refractivity contribution in [2.45, 2.75) is 6.32 Å². The molecule has 0 aliphatic heterocycles. The smallest absolute Gasteiger partial charge is 0.0716 e. The minimum absolute atomic E-state index is 0.567. The van der Waals surface area contributed by atoms with Crippen molar-refractivity contribution in [2.24, 2.45) is 0 Å². The van der Waals surface area contributed by atoms with Gasteiger partial charge in [0.1, 0.15) is 0 Å². The summed E-state index contributed by atoms with van der Waals surface area (Å²) in [5.74, 6) is 0. The summed E-state index contributed by atoms with van der Waals surface area (Å²) in [4.78, 5) is 0. The summed E-state index contributed by atoms with van der Waals surface area (Å²) < 4.78 is 2.50. The lowest BCUT2D eigenvalue weighted by atomic mass is 9.96. The van der Waals surface area contributed by atoms with Crippen LogP contribution in [0.2, 0.25) is 5.02 Å². The van der Waals surface area contributed by atoms with Gasteiger partial charge in [0.05, 0.1) is 7.85 Å². The molecule has 2 aromatic carbocycles. The normalized spacial score (nSPS) is 11.3. The van der Waals surface area contributed by atoms with Crippen LogP contribution in [-0.2, 0) is 6.32 Å². The molecule has 0 nitrogen and oxygen atoms in total. The van der Waals surface area contributed by atoms with Crippen LogP contribution in [0.15, 0.2) is 36.4 Å². The molecule has 16 heavy (non-hydrogen) atoms. The molecule has 0 bridgehead atoms. The van der Waals surface area contributed by atoms with E-state index in [0.717, 1.165) is 16.0 Å². The predicted octanol–water partition coefficient (Wildman–Crippen LogP) is 4.38. The van der Waals surface area contributed by atoms with Crippen molar-refractivity contribution < 1.29 is 0 Å². The summed E-state index contributed by atoms with van der Waals surface area (Å²) in [7, 11) is 5.66. The Labute approximate surface area is 104 Å². The average molecular weight is 243 g/mol. The SMILES string of the molecule is [B]Cc1ccc2sc3cccc(Cl)c3c2c1. The van der Waals surface area contributed by atoms with Crippen LogP contribution in [0.25, 0.3) is 20.2 Å². The quantitative estimate of drug-likeness (QED) is 0.556. The zero-order valence-corrected chi connectivity index (χ0v) is 10.1. The van der Waals surface area contributed by atoms with Gasteiger partial charge in [-0.3, -0.25) is 0 Å². The van der Waals surface area contributed by atoms with E-state index in [0.29, 0.717) is 6.32 Å². The first-order chi connectivity index (χ1) is 7.79. The molecule has 0 N–H and O–H groups in total. The minimum Gasteiger partial charge on any atom is -0.135 e. The molecule has 76 valence electrons. The molecular formula is C13H8BClS. The maximum Gasteiger partial charge on any atom is 0.0716 e. The summed E-state index contributed by atoms with van der Waals surface area (Å²) in [6.07, 6.45) is 0.567. The van der Waals surface area contributed by atoms with Gasteiger partial charge >= 0.3 is 0 Å². The van der Waals surface area contributed by atoms with Gasteiger partial charge in [-0.1, -0.05) is 41.7 Å². The molecule has 0 saturated carbocycles. The summed E-state index contributed by atoms with van der Waals surface area (Å²) >= 11 is 8.02. The number of fused-ring (bicyclic) bond motifs is 3. The Balaban J connectivity index is 2.50. The van der Waals surface area contributed by atoms with Crippen LogP contribution in [0.4, 0.5) is 0 Å². The fourth-order valence-corrected chi connectivity index (χ4v) is 3.40. The zero-order valence-electron chi connectivity index (χ0n) is 8.53. The summed E-state index contributed by atoms with van der Waals surface area (Å²) in [6, 6.07) is 12.4. The molecule has 3 heteroatoms. The molecule has 0 amide bonds. The molecule has 0 aliphatic carbocycles. The van der Waals surface area contributed by atoms with Crippen LogP contribution < -0.4 is 0 Å². The monoisotopic (exact) mass is 242 g/mol. The topological polar surface area (TPSA) is 0 Å². The van der Waals surface area contributed by atoms with Gasteiger partial charge in [0.25, 0.3) is 0 Å². The van der Waals surface area contributed by atoms with Crippen LogP contribution in [-0.4, -0.2) is 7.85 Å². The summed E-state index contributed by atoms with van der Waals surface area (Å²) in [5, 5.41) is 3.19. The van der Waals surface area contributed by atoms with E-state index >= 15 is 0 Å². The molecule has 0 aliphatic rings. The van der Waals surface area contributed by atoms with E-state index in [-0.39, 0.29) is 0 Å². The van der Waals surface area contributed by atoms with E-state index in [9.17, 15) is 0 Å². The highest BCUT2D eigenvalue weighted by molar-refractivity contribution is 7.25. The van der Waals surface area contributed by atoms with Gasteiger partial charge in [-0.2, -0.15) is 0 Å². The molecular weight excluding hydrogens is 234 g/mol. The number of halogens is 1. The highest BCUT2D eigenvalue weighted by Gasteiger charge is 2.07. The van der Waals surface area contributed by atoms with Crippen molar-refractivity contribution in [3.8, 4) is 0 Å². The summed E-state index contributed by atoms with van der Waals surface area (Å²) in [5.41, 5.74) is 1.15. The van der Waals surface area contributed by atoms with Crippen molar-refractivity contribution in [3.63, 3.8) is 0 Å². The van der Waals surface area contributed by atoms with E-state index in [4.69, 9.17) is 19.4 Å². The maximum atomic E-state index is 6.25. The Hall–Kier alpha value is -0.985. The van der Waals surface area contributed by atoms with Crippen molar-refractivity contribution in [1.29, 1.82) is 0 Å². The molecule has 0 spiro atoms. The lowest BCUT2D eigenvalue weighted by Crippen LogP contribution is -1.81. The van der Waals surface area contributed by atoms with Crippen molar-refractivity contribution in [1.82, 2.24) is 0 Å². The Bertz CT molecular complexity index is 672. The molecule has 3 rings (SSSR count). The van der Waals surface area contributed by atoms with Gasteiger partial charge < -0.3 is 0 Å². The standard InChI is InChI=1S/C13H8BClS/c14-7-8-4-5-11-9(6-8)13-10(15)2-1-3-12(13)16-11/h1-6H,7H2. The largest absolute Gasteiger partial charge is 0.135 e. The molecule has 0 saturated heterocycles. The fraction of sp³-hybridized carbons (Fsp3) is 0.0769. The van der Waals surface area contributed by atoms with Gasteiger partial charge in [0.2, 0.25) is 0 Å².